The van der Waals surface area contributed by atoms with Gasteiger partial charge < -0.3 is 20.4 Å². The SMILES string of the molecule is C=CCNC(=O)NC(=O)COC(=O)[C@H](Cc1c[nH]c2ccccc12)NC(=O)c1cccs1. The second kappa shape index (κ2) is 10.9. The van der Waals surface area contributed by atoms with Crippen LogP contribution < -0.4 is 16.0 Å². The Balaban J connectivity index is 1.67. The van der Waals surface area contributed by atoms with E-state index < -0.39 is 36.5 Å². The minimum Gasteiger partial charge on any atom is -0.454 e. The molecule has 2 heterocycles. The predicted octanol–water partition coefficient (Wildman–Crippen LogP) is 2.13. The number of hydrogen-bond acceptors (Lipinski definition) is 6. The quantitative estimate of drug-likeness (QED) is 0.291. The highest BCUT2D eigenvalue weighted by molar-refractivity contribution is 7.12. The molecule has 10 heteroatoms. The summed E-state index contributed by atoms with van der Waals surface area (Å²) < 4.78 is 5.08. The molecule has 0 saturated heterocycles. The number of aromatic nitrogens is 1. The number of thiophene rings is 1. The average Bonchev–Trinajstić information content (AvgIpc) is 3.46. The molecule has 0 aliphatic rings. The van der Waals surface area contributed by atoms with Gasteiger partial charge in [-0.2, -0.15) is 0 Å². The highest BCUT2D eigenvalue weighted by Crippen LogP contribution is 2.20. The van der Waals surface area contributed by atoms with Gasteiger partial charge in [0.2, 0.25) is 0 Å². The lowest BCUT2D eigenvalue weighted by molar-refractivity contribution is -0.150. The number of urea groups is 1. The second-order valence-electron chi connectivity index (χ2n) is 6.72. The van der Waals surface area contributed by atoms with Crippen LogP contribution in [-0.4, -0.2) is 48.0 Å². The number of para-hydroxylation sites is 1. The summed E-state index contributed by atoms with van der Waals surface area (Å²) in [7, 11) is 0. The fraction of sp³-hybridized carbons (Fsp3) is 0.182. The largest absolute Gasteiger partial charge is 0.454 e. The molecule has 0 aliphatic heterocycles. The zero-order valence-corrected chi connectivity index (χ0v) is 17.9. The van der Waals surface area contributed by atoms with E-state index in [1.54, 1.807) is 23.7 Å². The molecular weight excluding hydrogens is 432 g/mol. The van der Waals surface area contributed by atoms with Crippen molar-refractivity contribution in [2.24, 2.45) is 0 Å². The first-order chi connectivity index (χ1) is 15.5. The number of hydrogen-bond donors (Lipinski definition) is 4. The zero-order valence-electron chi connectivity index (χ0n) is 17.1. The number of carbonyl (C=O) groups is 4. The van der Waals surface area contributed by atoms with Crippen molar-refractivity contribution in [2.75, 3.05) is 13.2 Å². The van der Waals surface area contributed by atoms with Gasteiger partial charge in [-0.25, -0.2) is 9.59 Å². The Morgan fingerprint density at radius 3 is 2.72 bits per heavy atom. The molecule has 0 fully saturated rings. The summed E-state index contributed by atoms with van der Waals surface area (Å²) in [6.07, 6.45) is 3.37. The molecule has 3 aromatic rings. The molecule has 166 valence electrons. The van der Waals surface area contributed by atoms with Gasteiger partial charge in [0, 0.05) is 30.1 Å². The number of aromatic amines is 1. The summed E-state index contributed by atoms with van der Waals surface area (Å²) in [5.74, 6) is -2.01. The van der Waals surface area contributed by atoms with E-state index in [0.717, 1.165) is 16.5 Å². The Morgan fingerprint density at radius 1 is 1.16 bits per heavy atom. The number of rotatable bonds is 9. The van der Waals surface area contributed by atoms with Crippen molar-refractivity contribution >= 4 is 46.1 Å². The summed E-state index contributed by atoms with van der Waals surface area (Å²) in [4.78, 5) is 52.2. The fourth-order valence-electron chi connectivity index (χ4n) is 2.96. The van der Waals surface area contributed by atoms with Gasteiger partial charge in [0.25, 0.3) is 11.8 Å². The molecule has 32 heavy (non-hydrogen) atoms. The van der Waals surface area contributed by atoms with Crippen LogP contribution in [-0.2, 0) is 20.7 Å². The van der Waals surface area contributed by atoms with E-state index in [2.05, 4.69) is 22.2 Å². The summed E-state index contributed by atoms with van der Waals surface area (Å²) >= 11 is 1.24. The average molecular weight is 455 g/mol. The lowest BCUT2D eigenvalue weighted by Crippen LogP contribution is -2.45. The number of benzene rings is 1. The molecule has 9 nitrogen and oxygen atoms in total. The van der Waals surface area contributed by atoms with Gasteiger partial charge in [-0.1, -0.05) is 30.3 Å². The molecule has 0 saturated carbocycles. The normalized spacial score (nSPS) is 11.4. The number of ether oxygens (including phenoxy) is 1. The van der Waals surface area contributed by atoms with Crippen molar-refractivity contribution in [3.63, 3.8) is 0 Å². The molecule has 0 spiro atoms. The molecule has 3 rings (SSSR count). The molecule has 0 bridgehead atoms. The number of fused-ring (bicyclic) bond motifs is 1. The molecule has 4 amide bonds. The lowest BCUT2D eigenvalue weighted by Gasteiger charge is -2.17. The highest BCUT2D eigenvalue weighted by atomic mass is 32.1. The van der Waals surface area contributed by atoms with Crippen LogP contribution in [0.2, 0.25) is 0 Å². The van der Waals surface area contributed by atoms with E-state index in [4.69, 9.17) is 4.74 Å². The first-order valence-corrected chi connectivity index (χ1v) is 10.6. The summed E-state index contributed by atoms with van der Waals surface area (Å²) in [5, 5.41) is 9.75. The van der Waals surface area contributed by atoms with E-state index in [0.29, 0.717) is 4.88 Å². The number of amides is 4. The molecule has 0 aliphatic carbocycles. The molecule has 1 atom stereocenters. The number of H-pyrrole nitrogens is 1. The predicted molar refractivity (Wildman–Crippen MR) is 120 cm³/mol. The number of esters is 1. The standard InChI is InChI=1S/C22H22N4O5S/c1-2-9-23-22(30)26-19(27)13-31-21(29)17(25-20(28)18-8-5-10-32-18)11-14-12-24-16-7-4-3-6-15(14)16/h2-8,10,12,17,24H,1,9,11,13H2,(H,25,28)(H2,23,26,27,30)/t17-/m0/s1. The van der Waals surface area contributed by atoms with Crippen molar-refractivity contribution in [3.8, 4) is 0 Å². The maximum atomic E-state index is 12.7. The van der Waals surface area contributed by atoms with E-state index in [-0.39, 0.29) is 13.0 Å². The third-order valence-electron chi connectivity index (χ3n) is 4.44. The van der Waals surface area contributed by atoms with Crippen molar-refractivity contribution in [1.82, 2.24) is 20.9 Å². The van der Waals surface area contributed by atoms with Crippen molar-refractivity contribution in [3.05, 3.63) is 71.1 Å². The van der Waals surface area contributed by atoms with Crippen LogP contribution in [0.5, 0.6) is 0 Å². The molecule has 4 N–H and O–H groups in total. The second-order valence-corrected chi connectivity index (χ2v) is 7.67. The van der Waals surface area contributed by atoms with Crippen molar-refractivity contribution < 1.29 is 23.9 Å². The first kappa shape index (κ1) is 22.8. The molecule has 2 aromatic heterocycles. The van der Waals surface area contributed by atoms with Gasteiger partial charge in [-0.15, -0.1) is 17.9 Å². The summed E-state index contributed by atoms with van der Waals surface area (Å²) in [5.41, 5.74) is 1.70. The first-order valence-electron chi connectivity index (χ1n) is 9.72. The lowest BCUT2D eigenvalue weighted by atomic mass is 10.0. The van der Waals surface area contributed by atoms with E-state index in [9.17, 15) is 19.2 Å². The number of imide groups is 1. The Labute approximate surface area is 187 Å². The van der Waals surface area contributed by atoms with Crippen molar-refractivity contribution in [1.29, 1.82) is 0 Å². The van der Waals surface area contributed by atoms with Crippen LogP contribution in [0, 0.1) is 0 Å². The maximum absolute atomic E-state index is 12.7. The van der Waals surface area contributed by atoms with Crippen LogP contribution in [0.3, 0.4) is 0 Å². The van der Waals surface area contributed by atoms with E-state index >= 15 is 0 Å². The third kappa shape index (κ3) is 6.05. The minimum atomic E-state index is -1.04. The molecule has 1 aromatic carbocycles. The van der Waals surface area contributed by atoms with E-state index in [1.807, 2.05) is 29.6 Å². The number of carbonyl (C=O) groups excluding carboxylic acids is 4. The summed E-state index contributed by atoms with van der Waals surface area (Å²) in [6.45, 7) is 2.96. The topological polar surface area (TPSA) is 129 Å². The van der Waals surface area contributed by atoms with E-state index in [1.165, 1.54) is 17.4 Å². The van der Waals surface area contributed by atoms with Gasteiger partial charge in [-0.3, -0.25) is 14.9 Å². The van der Waals surface area contributed by atoms with Crippen LogP contribution in [0.25, 0.3) is 10.9 Å². The van der Waals surface area contributed by atoms with Crippen molar-refractivity contribution in [2.45, 2.75) is 12.5 Å². The minimum absolute atomic E-state index is 0.154. The monoisotopic (exact) mass is 454 g/mol. The molecule has 0 radical (unpaired) electrons. The maximum Gasteiger partial charge on any atom is 0.329 e. The fourth-order valence-corrected chi connectivity index (χ4v) is 3.59. The molecule has 0 unspecified atom stereocenters. The Morgan fingerprint density at radius 2 is 1.97 bits per heavy atom. The highest BCUT2D eigenvalue weighted by Gasteiger charge is 2.26. The Hall–Kier alpha value is -3.92. The summed E-state index contributed by atoms with van der Waals surface area (Å²) in [6, 6.07) is 9.17. The zero-order chi connectivity index (χ0) is 22.9. The van der Waals surface area contributed by atoms with Gasteiger partial charge >= 0.3 is 12.0 Å². The van der Waals surface area contributed by atoms with Gasteiger partial charge in [-0.05, 0) is 23.1 Å². The van der Waals surface area contributed by atoms with Crippen LogP contribution >= 0.6 is 11.3 Å². The smallest absolute Gasteiger partial charge is 0.329 e. The Kier molecular flexibility index (Phi) is 7.76. The van der Waals surface area contributed by atoms with Crippen LogP contribution in [0.4, 0.5) is 4.79 Å². The van der Waals surface area contributed by atoms with Crippen LogP contribution in [0.15, 0.2) is 60.6 Å². The van der Waals surface area contributed by atoms with Gasteiger partial charge in [0.1, 0.15) is 6.04 Å². The van der Waals surface area contributed by atoms with Gasteiger partial charge in [0.05, 0.1) is 4.88 Å². The third-order valence-corrected chi connectivity index (χ3v) is 5.31. The Bertz CT molecular complexity index is 1120. The molecular formula is C22H22N4O5S. The van der Waals surface area contributed by atoms with Gasteiger partial charge in [0.15, 0.2) is 6.61 Å². The number of nitrogens with one attached hydrogen (secondary N) is 4. The van der Waals surface area contributed by atoms with Crippen LogP contribution in [0.1, 0.15) is 15.2 Å².